The van der Waals surface area contributed by atoms with Gasteiger partial charge < -0.3 is 20.1 Å². The Balaban J connectivity index is 2.15. The summed E-state index contributed by atoms with van der Waals surface area (Å²) in [6.45, 7) is 8.93. The summed E-state index contributed by atoms with van der Waals surface area (Å²) in [6, 6.07) is 6.81. The number of benzene rings is 1. The van der Waals surface area contributed by atoms with Crippen molar-refractivity contribution in [1.82, 2.24) is 5.32 Å². The van der Waals surface area contributed by atoms with Gasteiger partial charge in [0, 0.05) is 29.3 Å². The van der Waals surface area contributed by atoms with E-state index in [4.69, 9.17) is 4.74 Å². The summed E-state index contributed by atoms with van der Waals surface area (Å²) in [4.78, 5) is 2.28. The van der Waals surface area contributed by atoms with Crippen molar-refractivity contribution in [2.24, 2.45) is 0 Å². The van der Waals surface area contributed by atoms with E-state index in [0.29, 0.717) is 6.04 Å². The van der Waals surface area contributed by atoms with Crippen LogP contribution in [0, 0.1) is 0 Å². The maximum atomic E-state index is 9.33. The highest BCUT2D eigenvalue weighted by Gasteiger charge is 2.25. The second-order valence-corrected chi connectivity index (χ2v) is 6.50. The highest BCUT2D eigenvalue weighted by molar-refractivity contribution is 9.10. The first-order chi connectivity index (χ1) is 10.0. The molecule has 0 saturated carbocycles. The van der Waals surface area contributed by atoms with Crippen molar-refractivity contribution in [3.8, 4) is 0 Å². The van der Waals surface area contributed by atoms with Gasteiger partial charge in [-0.2, -0.15) is 0 Å². The lowest BCUT2D eigenvalue weighted by Gasteiger charge is -2.37. The van der Waals surface area contributed by atoms with Crippen LogP contribution in [-0.4, -0.2) is 43.6 Å². The smallest absolute Gasteiger partial charge is 0.0984 e. The fraction of sp³-hybridized carbons (Fsp3) is 0.625. The molecule has 1 heterocycles. The first-order valence-corrected chi connectivity index (χ1v) is 8.38. The van der Waals surface area contributed by atoms with Crippen molar-refractivity contribution < 1.29 is 9.84 Å². The molecule has 0 spiro atoms. The quantitative estimate of drug-likeness (QED) is 0.851. The minimum atomic E-state index is -0.104. The van der Waals surface area contributed by atoms with Crippen molar-refractivity contribution in [3.05, 3.63) is 28.2 Å². The molecular formula is C16H25BrN2O2. The number of anilines is 1. The Labute approximate surface area is 135 Å². The highest BCUT2D eigenvalue weighted by Crippen LogP contribution is 2.29. The number of rotatable bonds is 5. The van der Waals surface area contributed by atoms with Crippen LogP contribution in [0.4, 0.5) is 5.69 Å². The summed E-state index contributed by atoms with van der Waals surface area (Å²) < 4.78 is 6.82. The lowest BCUT2D eigenvalue weighted by molar-refractivity contribution is -0.0421. The summed E-state index contributed by atoms with van der Waals surface area (Å²) >= 11 is 3.68. The van der Waals surface area contributed by atoms with Gasteiger partial charge in [0.1, 0.15) is 0 Å². The number of aliphatic hydroxyl groups excluding tert-OH is 1. The van der Waals surface area contributed by atoms with Gasteiger partial charge in [0.25, 0.3) is 0 Å². The Morgan fingerprint density at radius 2 is 2.24 bits per heavy atom. The molecule has 1 aromatic rings. The summed E-state index contributed by atoms with van der Waals surface area (Å²) in [5, 5.41) is 12.8. The number of nitrogens with one attached hydrogen (secondary N) is 1. The lowest BCUT2D eigenvalue weighted by Crippen LogP contribution is -2.48. The maximum absolute atomic E-state index is 9.33. The molecule has 0 aromatic heterocycles. The average molecular weight is 357 g/mol. The molecule has 3 atom stereocenters. The molecule has 4 nitrogen and oxygen atoms in total. The van der Waals surface area contributed by atoms with Crippen molar-refractivity contribution in [2.45, 2.75) is 39.0 Å². The summed E-state index contributed by atoms with van der Waals surface area (Å²) in [6.07, 6.45) is 0.0305. The number of nitrogens with zero attached hydrogens (tertiary/aromatic N) is 1. The van der Waals surface area contributed by atoms with Crippen LogP contribution in [0.5, 0.6) is 0 Å². The molecule has 1 saturated heterocycles. The van der Waals surface area contributed by atoms with Gasteiger partial charge in [0.2, 0.25) is 0 Å². The molecular weight excluding hydrogens is 332 g/mol. The lowest BCUT2D eigenvalue weighted by atomic mass is 10.1. The zero-order valence-electron chi connectivity index (χ0n) is 13.0. The van der Waals surface area contributed by atoms with Gasteiger partial charge in [-0.3, -0.25) is 0 Å². The predicted molar refractivity (Wildman–Crippen MR) is 89.9 cm³/mol. The van der Waals surface area contributed by atoms with Crippen LogP contribution in [0.15, 0.2) is 22.7 Å². The molecule has 1 aliphatic heterocycles. The maximum Gasteiger partial charge on any atom is 0.0984 e. The van der Waals surface area contributed by atoms with Crippen molar-refractivity contribution >= 4 is 21.6 Å². The van der Waals surface area contributed by atoms with E-state index in [-0.39, 0.29) is 18.8 Å². The van der Waals surface area contributed by atoms with Crippen LogP contribution < -0.4 is 10.2 Å². The number of hydrogen-bond acceptors (Lipinski definition) is 4. The minimum absolute atomic E-state index is 0.0670. The van der Waals surface area contributed by atoms with E-state index in [9.17, 15) is 5.11 Å². The molecule has 2 N–H and O–H groups in total. The molecule has 118 valence electrons. The number of halogens is 1. The second-order valence-electron chi connectivity index (χ2n) is 5.64. The zero-order valence-corrected chi connectivity index (χ0v) is 14.6. The van der Waals surface area contributed by atoms with Gasteiger partial charge in [0.15, 0.2) is 0 Å². The Kier molecular flexibility index (Phi) is 6.05. The monoisotopic (exact) mass is 356 g/mol. The Morgan fingerprint density at radius 3 is 2.86 bits per heavy atom. The van der Waals surface area contributed by atoms with Gasteiger partial charge in [-0.05, 0) is 38.1 Å². The van der Waals surface area contributed by atoms with E-state index < -0.39 is 0 Å². The van der Waals surface area contributed by atoms with E-state index in [1.54, 1.807) is 0 Å². The summed E-state index contributed by atoms with van der Waals surface area (Å²) in [5.74, 6) is 0. The van der Waals surface area contributed by atoms with Crippen LogP contribution >= 0.6 is 15.9 Å². The minimum Gasteiger partial charge on any atom is -0.394 e. The summed E-state index contributed by atoms with van der Waals surface area (Å²) in [5.41, 5.74) is 2.43. The normalized spacial score (nSPS) is 24.1. The van der Waals surface area contributed by atoms with E-state index in [0.717, 1.165) is 24.1 Å². The Hall–Kier alpha value is -0.620. The molecule has 0 bridgehead atoms. The predicted octanol–water partition coefficient (Wildman–Crippen LogP) is 2.71. The molecule has 1 aromatic carbocycles. The third-order valence-electron chi connectivity index (χ3n) is 3.86. The fourth-order valence-corrected chi connectivity index (χ4v) is 3.55. The second kappa shape index (κ2) is 7.58. The van der Waals surface area contributed by atoms with Crippen LogP contribution in [0.3, 0.4) is 0 Å². The number of ether oxygens (including phenoxy) is 1. The van der Waals surface area contributed by atoms with Gasteiger partial charge in [-0.1, -0.05) is 28.9 Å². The SMILES string of the molecule is CCNC(C)c1ccc(N2CC(C)OC(CO)C2)cc1Br. The molecule has 2 rings (SSSR count). The Morgan fingerprint density at radius 1 is 1.48 bits per heavy atom. The standard InChI is InChI=1S/C16H25BrN2O2/c1-4-18-12(3)15-6-5-13(7-16(15)17)19-8-11(2)21-14(9-19)10-20/h5-7,11-12,14,18,20H,4,8-10H2,1-3H3. The van der Waals surface area contributed by atoms with Gasteiger partial charge in [-0.25, -0.2) is 0 Å². The molecule has 0 amide bonds. The molecule has 1 aliphatic rings. The number of hydrogen-bond donors (Lipinski definition) is 2. The van der Waals surface area contributed by atoms with E-state index in [2.05, 4.69) is 58.2 Å². The zero-order chi connectivity index (χ0) is 15.4. The molecule has 0 aliphatic carbocycles. The first-order valence-electron chi connectivity index (χ1n) is 7.59. The first kappa shape index (κ1) is 16.7. The highest BCUT2D eigenvalue weighted by atomic mass is 79.9. The number of aliphatic hydroxyl groups is 1. The molecule has 1 fully saturated rings. The molecule has 5 heteroatoms. The van der Waals surface area contributed by atoms with Crippen molar-refractivity contribution in [3.63, 3.8) is 0 Å². The third-order valence-corrected chi connectivity index (χ3v) is 4.54. The van der Waals surface area contributed by atoms with Crippen LogP contribution in [0.25, 0.3) is 0 Å². The van der Waals surface area contributed by atoms with E-state index >= 15 is 0 Å². The Bertz CT molecular complexity index is 470. The van der Waals surface area contributed by atoms with Crippen molar-refractivity contribution in [2.75, 3.05) is 31.1 Å². The molecule has 3 unspecified atom stereocenters. The summed E-state index contributed by atoms with van der Waals surface area (Å²) in [7, 11) is 0. The van der Waals surface area contributed by atoms with E-state index in [1.165, 1.54) is 11.3 Å². The van der Waals surface area contributed by atoms with Crippen molar-refractivity contribution in [1.29, 1.82) is 0 Å². The largest absolute Gasteiger partial charge is 0.394 e. The number of morpholine rings is 1. The third kappa shape index (κ3) is 4.19. The van der Waals surface area contributed by atoms with Gasteiger partial charge in [0.05, 0.1) is 18.8 Å². The average Bonchev–Trinajstić information content (AvgIpc) is 2.46. The van der Waals surface area contributed by atoms with Crippen LogP contribution in [0.1, 0.15) is 32.4 Å². The fourth-order valence-electron chi connectivity index (χ4n) is 2.84. The molecule has 0 radical (unpaired) electrons. The van der Waals surface area contributed by atoms with Crippen LogP contribution in [-0.2, 0) is 4.74 Å². The topological polar surface area (TPSA) is 44.7 Å². The van der Waals surface area contributed by atoms with Gasteiger partial charge >= 0.3 is 0 Å². The van der Waals surface area contributed by atoms with Gasteiger partial charge in [-0.15, -0.1) is 0 Å². The van der Waals surface area contributed by atoms with E-state index in [1.807, 2.05) is 6.92 Å². The van der Waals surface area contributed by atoms with Crippen LogP contribution in [0.2, 0.25) is 0 Å². The molecule has 21 heavy (non-hydrogen) atoms.